The third-order valence-corrected chi connectivity index (χ3v) is 5.02. The number of carbonyl (C=O) groups is 3. The van der Waals surface area contributed by atoms with Crippen LogP contribution in [0.2, 0.25) is 5.02 Å². The van der Waals surface area contributed by atoms with Crippen molar-refractivity contribution in [1.29, 1.82) is 0 Å². The summed E-state index contributed by atoms with van der Waals surface area (Å²) in [6.45, 7) is 0. The fourth-order valence-corrected chi connectivity index (χ4v) is 3.47. The molecule has 0 bridgehead atoms. The van der Waals surface area contributed by atoms with E-state index in [0.29, 0.717) is 17.0 Å². The highest BCUT2D eigenvalue weighted by molar-refractivity contribution is 6.30. The lowest BCUT2D eigenvalue weighted by Gasteiger charge is -2.18. The van der Waals surface area contributed by atoms with Gasteiger partial charge in [-0.1, -0.05) is 60.2 Å². The third kappa shape index (κ3) is 5.58. The zero-order chi connectivity index (χ0) is 21.7. The van der Waals surface area contributed by atoms with Gasteiger partial charge >= 0.3 is 11.9 Å². The molecule has 1 atom stereocenters. The second kappa shape index (κ2) is 9.41. The summed E-state index contributed by atoms with van der Waals surface area (Å²) in [6, 6.07) is 14.5. The fraction of sp³-hybridized carbons (Fsp3) is 0.174. The predicted molar refractivity (Wildman–Crippen MR) is 113 cm³/mol. The van der Waals surface area contributed by atoms with E-state index in [1.807, 2.05) is 42.5 Å². The number of halogens is 1. The Kier molecular flexibility index (Phi) is 6.69. The average Bonchev–Trinajstić information content (AvgIpc) is 3.19. The number of hydrogen-bond acceptors (Lipinski definition) is 3. The first-order chi connectivity index (χ1) is 14.3. The van der Waals surface area contributed by atoms with Gasteiger partial charge in [0.2, 0.25) is 5.91 Å². The fourth-order valence-electron chi connectivity index (χ4n) is 3.28. The van der Waals surface area contributed by atoms with Gasteiger partial charge in [-0.3, -0.25) is 9.59 Å². The summed E-state index contributed by atoms with van der Waals surface area (Å²) in [4.78, 5) is 34.7. The molecule has 0 aliphatic heterocycles. The maximum atomic E-state index is 12.5. The van der Waals surface area contributed by atoms with Crippen molar-refractivity contribution in [3.63, 3.8) is 0 Å². The smallest absolute Gasteiger partial charge is 0.331 e. The molecule has 3 N–H and O–H groups in total. The standard InChI is InChI=1S/C23H20ClNO5/c24-19-3-1-2-16(12-19)15-6-4-14(5-7-15)10-20(13-21(26)27)25-22(28)17-8-9-18(11-17)23(29)30/h1-9,12,20H,10-11,13H2,(H,25,28)(H,26,27)(H,29,30)/t20-/m1/s1. The van der Waals surface area contributed by atoms with Crippen LogP contribution < -0.4 is 5.32 Å². The SMILES string of the molecule is O=C(O)C[C@@H](Cc1ccc(-c2cccc(Cl)c2)cc1)NC(=O)C1=CC=C(C(=O)O)C1. The molecule has 1 aliphatic rings. The molecule has 0 unspecified atom stereocenters. The zero-order valence-corrected chi connectivity index (χ0v) is 16.7. The Morgan fingerprint density at radius 1 is 0.967 bits per heavy atom. The lowest BCUT2D eigenvalue weighted by molar-refractivity contribution is -0.137. The highest BCUT2D eigenvalue weighted by Gasteiger charge is 2.23. The molecule has 0 fully saturated rings. The Hall–Kier alpha value is -3.38. The summed E-state index contributed by atoms with van der Waals surface area (Å²) in [5.74, 6) is -2.55. The number of amides is 1. The molecule has 0 heterocycles. The molecular weight excluding hydrogens is 406 g/mol. The minimum atomic E-state index is -1.07. The summed E-state index contributed by atoms with van der Waals surface area (Å²) in [6.07, 6.45) is 2.96. The molecule has 0 spiro atoms. The van der Waals surface area contributed by atoms with Crippen LogP contribution >= 0.6 is 11.6 Å². The lowest BCUT2D eigenvalue weighted by atomic mass is 9.99. The largest absolute Gasteiger partial charge is 0.481 e. The molecular formula is C23H20ClNO5. The van der Waals surface area contributed by atoms with E-state index in [-0.39, 0.29) is 18.4 Å². The van der Waals surface area contributed by atoms with Crippen LogP contribution in [-0.4, -0.2) is 34.1 Å². The summed E-state index contributed by atoms with van der Waals surface area (Å²) in [7, 11) is 0. The van der Waals surface area contributed by atoms with Crippen molar-refractivity contribution in [3.8, 4) is 11.1 Å². The van der Waals surface area contributed by atoms with Gasteiger partial charge in [0.25, 0.3) is 0 Å². The van der Waals surface area contributed by atoms with Crippen molar-refractivity contribution in [3.05, 3.63) is 82.4 Å². The topological polar surface area (TPSA) is 104 Å². The molecule has 0 saturated heterocycles. The Balaban J connectivity index is 1.67. The average molecular weight is 426 g/mol. The van der Waals surface area contributed by atoms with Gasteiger partial charge in [0.15, 0.2) is 0 Å². The van der Waals surface area contributed by atoms with E-state index in [9.17, 15) is 19.5 Å². The molecule has 154 valence electrons. The van der Waals surface area contributed by atoms with E-state index in [2.05, 4.69) is 5.32 Å². The van der Waals surface area contributed by atoms with Gasteiger partial charge in [-0.2, -0.15) is 0 Å². The summed E-state index contributed by atoms with van der Waals surface area (Å²) >= 11 is 6.04. The number of carboxylic acids is 2. The lowest BCUT2D eigenvalue weighted by Crippen LogP contribution is -2.38. The monoisotopic (exact) mass is 425 g/mol. The van der Waals surface area contributed by atoms with Crippen LogP contribution in [0, 0.1) is 0 Å². The Labute approximate surface area is 178 Å². The van der Waals surface area contributed by atoms with E-state index in [1.165, 1.54) is 12.2 Å². The highest BCUT2D eigenvalue weighted by atomic mass is 35.5. The number of carbonyl (C=O) groups excluding carboxylic acids is 1. The number of carboxylic acid groups (broad SMARTS) is 2. The van der Waals surface area contributed by atoms with Gasteiger partial charge in [0, 0.05) is 28.6 Å². The van der Waals surface area contributed by atoms with Gasteiger partial charge in [0.05, 0.1) is 6.42 Å². The highest BCUT2D eigenvalue weighted by Crippen LogP contribution is 2.24. The third-order valence-electron chi connectivity index (χ3n) is 4.78. The van der Waals surface area contributed by atoms with E-state index in [0.717, 1.165) is 16.7 Å². The van der Waals surface area contributed by atoms with Gasteiger partial charge in [-0.25, -0.2) is 4.79 Å². The van der Waals surface area contributed by atoms with Gasteiger partial charge in [-0.15, -0.1) is 0 Å². The van der Waals surface area contributed by atoms with Crippen molar-refractivity contribution in [2.24, 2.45) is 0 Å². The van der Waals surface area contributed by atoms with Gasteiger partial charge in [0.1, 0.15) is 0 Å². The molecule has 0 saturated carbocycles. The molecule has 3 rings (SSSR count). The van der Waals surface area contributed by atoms with Crippen LogP contribution in [0.4, 0.5) is 0 Å². The molecule has 2 aromatic carbocycles. The second-order valence-corrected chi connectivity index (χ2v) is 7.48. The van der Waals surface area contributed by atoms with Crippen molar-refractivity contribution in [2.75, 3.05) is 0 Å². The number of allylic oxidation sites excluding steroid dienone is 2. The van der Waals surface area contributed by atoms with E-state index >= 15 is 0 Å². The normalized spacial score (nSPS) is 13.9. The van der Waals surface area contributed by atoms with Gasteiger partial charge in [-0.05, 0) is 35.2 Å². The molecule has 2 aromatic rings. The summed E-state index contributed by atoms with van der Waals surface area (Å²) in [5.41, 5.74) is 3.26. The van der Waals surface area contributed by atoms with Crippen molar-refractivity contribution in [2.45, 2.75) is 25.3 Å². The van der Waals surface area contributed by atoms with Crippen LogP contribution in [0.3, 0.4) is 0 Å². The first-order valence-corrected chi connectivity index (χ1v) is 9.70. The maximum Gasteiger partial charge on any atom is 0.331 e. The van der Waals surface area contributed by atoms with Crippen LogP contribution in [-0.2, 0) is 20.8 Å². The van der Waals surface area contributed by atoms with E-state index in [1.54, 1.807) is 6.07 Å². The van der Waals surface area contributed by atoms with Crippen molar-refractivity contribution in [1.82, 2.24) is 5.32 Å². The number of aliphatic carboxylic acids is 2. The summed E-state index contributed by atoms with van der Waals surface area (Å²) < 4.78 is 0. The number of rotatable bonds is 8. The Morgan fingerprint density at radius 2 is 1.67 bits per heavy atom. The van der Waals surface area contributed by atoms with E-state index in [4.69, 9.17) is 16.7 Å². The molecule has 30 heavy (non-hydrogen) atoms. The molecule has 0 aromatic heterocycles. The van der Waals surface area contributed by atoms with Crippen LogP contribution in [0.5, 0.6) is 0 Å². The predicted octanol–water partition coefficient (Wildman–Crippen LogP) is 3.85. The quantitative estimate of drug-likeness (QED) is 0.596. The second-order valence-electron chi connectivity index (χ2n) is 7.05. The molecule has 1 aliphatic carbocycles. The first-order valence-electron chi connectivity index (χ1n) is 9.32. The van der Waals surface area contributed by atoms with Crippen LogP contribution in [0.15, 0.2) is 71.8 Å². The summed E-state index contributed by atoms with van der Waals surface area (Å²) in [5, 5.41) is 21.6. The minimum Gasteiger partial charge on any atom is -0.481 e. The van der Waals surface area contributed by atoms with E-state index < -0.39 is 23.9 Å². The Morgan fingerprint density at radius 3 is 2.27 bits per heavy atom. The maximum absolute atomic E-state index is 12.5. The Bertz CT molecular complexity index is 1040. The van der Waals surface area contributed by atoms with Crippen LogP contribution in [0.25, 0.3) is 11.1 Å². The first kappa shape index (κ1) is 21.3. The molecule has 0 radical (unpaired) electrons. The van der Waals surface area contributed by atoms with Crippen molar-refractivity contribution >= 4 is 29.4 Å². The zero-order valence-electron chi connectivity index (χ0n) is 16.0. The number of nitrogens with one attached hydrogen (secondary N) is 1. The minimum absolute atomic E-state index is 0.0231. The number of hydrogen-bond donors (Lipinski definition) is 3. The van der Waals surface area contributed by atoms with Gasteiger partial charge < -0.3 is 15.5 Å². The molecule has 6 nitrogen and oxygen atoms in total. The molecule has 1 amide bonds. The van der Waals surface area contributed by atoms with Crippen LogP contribution in [0.1, 0.15) is 18.4 Å². The molecule has 7 heteroatoms. The number of benzene rings is 2. The van der Waals surface area contributed by atoms with Crippen molar-refractivity contribution < 1.29 is 24.6 Å².